The Balaban J connectivity index is 1.39. The Morgan fingerprint density at radius 1 is 0.900 bits per heavy atom. The highest BCUT2D eigenvalue weighted by atomic mass is 16.2. The molecule has 5 rings (SSSR count). The van der Waals surface area contributed by atoms with Crippen molar-refractivity contribution >= 4 is 11.8 Å². The number of carbonyl (C=O) groups is 2. The van der Waals surface area contributed by atoms with Crippen LogP contribution in [0.1, 0.15) is 36.8 Å². The molecule has 0 aromatic heterocycles. The van der Waals surface area contributed by atoms with Gasteiger partial charge >= 0.3 is 0 Å². The Morgan fingerprint density at radius 2 is 1.57 bits per heavy atom. The van der Waals surface area contributed by atoms with Gasteiger partial charge in [0.1, 0.15) is 0 Å². The average molecular weight is 403 g/mol. The number of hydrogen-bond acceptors (Lipinski definition) is 2. The van der Waals surface area contributed by atoms with E-state index in [1.165, 1.54) is 5.56 Å². The third-order valence-electron chi connectivity index (χ3n) is 7.34. The molecule has 0 N–H and O–H groups in total. The Labute approximate surface area is 178 Å². The quantitative estimate of drug-likeness (QED) is 0.782. The van der Waals surface area contributed by atoms with E-state index in [2.05, 4.69) is 34.1 Å². The third-order valence-corrected chi connectivity index (χ3v) is 7.34. The molecule has 30 heavy (non-hydrogen) atoms. The molecule has 4 nitrogen and oxygen atoms in total. The normalized spacial score (nSPS) is 28.2. The predicted octanol–water partition coefficient (Wildman–Crippen LogP) is 3.70. The molecule has 0 unspecified atom stereocenters. The SMILES string of the molecule is O=C(Cc1ccccc1)N1C[C@H]2C[C@@H](C1)[C@H](Cc1ccccc1)N1C(=O)CCC[C@@H]21. The van der Waals surface area contributed by atoms with Gasteiger partial charge in [0.25, 0.3) is 0 Å². The number of carbonyl (C=O) groups excluding carboxylic acids is 2. The number of piperidine rings is 3. The van der Waals surface area contributed by atoms with E-state index in [4.69, 9.17) is 0 Å². The molecule has 2 bridgehead atoms. The molecule has 0 aliphatic carbocycles. The highest BCUT2D eigenvalue weighted by Gasteiger charge is 2.49. The Hall–Kier alpha value is -2.62. The van der Waals surface area contributed by atoms with Crippen molar-refractivity contribution in [1.29, 1.82) is 0 Å². The molecule has 3 saturated heterocycles. The number of hydrogen-bond donors (Lipinski definition) is 0. The lowest BCUT2D eigenvalue weighted by Gasteiger charge is -2.56. The van der Waals surface area contributed by atoms with Gasteiger partial charge in [-0.3, -0.25) is 9.59 Å². The summed E-state index contributed by atoms with van der Waals surface area (Å²) in [5, 5.41) is 0. The highest BCUT2D eigenvalue weighted by Crippen LogP contribution is 2.42. The minimum atomic E-state index is 0.203. The number of amides is 2. The first-order chi connectivity index (χ1) is 14.7. The summed E-state index contributed by atoms with van der Waals surface area (Å²) in [5.74, 6) is 1.33. The van der Waals surface area contributed by atoms with Crippen molar-refractivity contribution in [2.24, 2.45) is 11.8 Å². The van der Waals surface area contributed by atoms with Crippen molar-refractivity contribution in [2.75, 3.05) is 13.1 Å². The molecule has 156 valence electrons. The molecule has 2 amide bonds. The second-order valence-corrected chi connectivity index (χ2v) is 9.23. The zero-order chi connectivity index (χ0) is 20.5. The Morgan fingerprint density at radius 3 is 2.30 bits per heavy atom. The molecule has 2 aromatic carbocycles. The molecule has 0 saturated carbocycles. The Bertz CT molecular complexity index is 898. The molecule has 3 heterocycles. The van der Waals surface area contributed by atoms with E-state index in [0.717, 1.165) is 44.3 Å². The molecular formula is C26H30N2O2. The van der Waals surface area contributed by atoms with Gasteiger partial charge in [-0.25, -0.2) is 0 Å². The van der Waals surface area contributed by atoms with Gasteiger partial charge in [0.15, 0.2) is 0 Å². The van der Waals surface area contributed by atoms with Crippen LogP contribution >= 0.6 is 0 Å². The minimum absolute atomic E-state index is 0.203. The van der Waals surface area contributed by atoms with Crippen molar-refractivity contribution in [1.82, 2.24) is 9.80 Å². The van der Waals surface area contributed by atoms with E-state index in [1.54, 1.807) is 0 Å². The summed E-state index contributed by atoms with van der Waals surface area (Å²) in [7, 11) is 0. The van der Waals surface area contributed by atoms with E-state index in [9.17, 15) is 9.59 Å². The minimum Gasteiger partial charge on any atom is -0.342 e. The maximum absolute atomic E-state index is 13.1. The first-order valence-corrected chi connectivity index (χ1v) is 11.4. The standard InChI is InChI=1S/C26H30N2O2/c29-25-13-7-12-23-21-16-22(24(28(23)25)14-19-8-3-1-4-9-19)18-27(17-21)26(30)15-20-10-5-2-6-11-20/h1-6,8-11,21-24H,7,12-18H2/t21-,22+,23+,24+/m1/s1. The second-order valence-electron chi connectivity index (χ2n) is 9.23. The van der Waals surface area contributed by atoms with Gasteiger partial charge in [0.2, 0.25) is 11.8 Å². The first kappa shape index (κ1) is 19.3. The lowest BCUT2D eigenvalue weighted by Crippen LogP contribution is -2.66. The highest BCUT2D eigenvalue weighted by molar-refractivity contribution is 5.80. The number of rotatable bonds is 4. The molecular weight excluding hydrogens is 372 g/mol. The van der Waals surface area contributed by atoms with Gasteiger partial charge in [-0.2, -0.15) is 0 Å². The first-order valence-electron chi connectivity index (χ1n) is 11.4. The maximum Gasteiger partial charge on any atom is 0.227 e. The van der Waals surface area contributed by atoms with Crippen molar-refractivity contribution in [3.63, 3.8) is 0 Å². The monoisotopic (exact) mass is 402 g/mol. The molecule has 4 heteroatoms. The second kappa shape index (κ2) is 8.25. The van der Waals surface area contributed by atoms with Crippen LogP contribution in [0.4, 0.5) is 0 Å². The topological polar surface area (TPSA) is 40.6 Å². The summed E-state index contributed by atoms with van der Waals surface area (Å²) in [6.07, 6.45) is 5.24. The van der Waals surface area contributed by atoms with E-state index >= 15 is 0 Å². The van der Waals surface area contributed by atoms with E-state index < -0.39 is 0 Å². The summed E-state index contributed by atoms with van der Waals surface area (Å²) in [6, 6.07) is 21.1. The zero-order valence-electron chi connectivity index (χ0n) is 17.5. The van der Waals surface area contributed by atoms with Crippen LogP contribution in [-0.4, -0.2) is 46.8 Å². The van der Waals surface area contributed by atoms with Crippen LogP contribution < -0.4 is 0 Å². The van der Waals surface area contributed by atoms with Crippen LogP contribution in [0.2, 0.25) is 0 Å². The van der Waals surface area contributed by atoms with Crippen molar-refractivity contribution in [2.45, 2.75) is 50.6 Å². The van der Waals surface area contributed by atoms with E-state index in [-0.39, 0.29) is 11.9 Å². The van der Waals surface area contributed by atoms with Crippen LogP contribution in [0.15, 0.2) is 60.7 Å². The lowest BCUT2D eigenvalue weighted by molar-refractivity contribution is -0.155. The fourth-order valence-electron chi connectivity index (χ4n) is 5.98. The Kier molecular flexibility index (Phi) is 5.32. The summed E-state index contributed by atoms with van der Waals surface area (Å²) >= 11 is 0. The number of nitrogens with zero attached hydrogens (tertiary/aromatic N) is 2. The van der Waals surface area contributed by atoms with Gasteiger partial charge in [0, 0.05) is 31.6 Å². The molecule has 3 fully saturated rings. The van der Waals surface area contributed by atoms with Crippen molar-refractivity contribution in [3.05, 3.63) is 71.8 Å². The number of benzene rings is 2. The predicted molar refractivity (Wildman–Crippen MR) is 117 cm³/mol. The van der Waals surface area contributed by atoms with Crippen molar-refractivity contribution < 1.29 is 9.59 Å². The van der Waals surface area contributed by atoms with Gasteiger partial charge in [-0.1, -0.05) is 60.7 Å². The van der Waals surface area contributed by atoms with Crippen LogP contribution in [0, 0.1) is 11.8 Å². The fourth-order valence-corrected chi connectivity index (χ4v) is 5.98. The maximum atomic E-state index is 13.1. The summed E-state index contributed by atoms with van der Waals surface area (Å²) in [6.45, 7) is 1.57. The molecule has 0 spiro atoms. The van der Waals surface area contributed by atoms with Gasteiger partial charge in [-0.05, 0) is 48.6 Å². The fraction of sp³-hybridized carbons (Fsp3) is 0.462. The zero-order valence-corrected chi connectivity index (χ0v) is 17.5. The molecule has 4 atom stereocenters. The summed E-state index contributed by atoms with van der Waals surface area (Å²) in [5.41, 5.74) is 2.36. The van der Waals surface area contributed by atoms with Gasteiger partial charge in [-0.15, -0.1) is 0 Å². The molecule has 2 aromatic rings. The number of fused-ring (bicyclic) bond motifs is 4. The molecule has 3 aliphatic rings. The van der Waals surface area contributed by atoms with Crippen LogP contribution in [-0.2, 0) is 22.4 Å². The van der Waals surface area contributed by atoms with Crippen LogP contribution in [0.5, 0.6) is 0 Å². The van der Waals surface area contributed by atoms with Gasteiger partial charge < -0.3 is 9.80 Å². The summed E-state index contributed by atoms with van der Waals surface area (Å²) in [4.78, 5) is 30.4. The molecule has 3 aliphatic heterocycles. The molecule has 0 radical (unpaired) electrons. The largest absolute Gasteiger partial charge is 0.342 e. The van der Waals surface area contributed by atoms with E-state index in [0.29, 0.717) is 36.6 Å². The van der Waals surface area contributed by atoms with Crippen molar-refractivity contribution in [3.8, 4) is 0 Å². The third kappa shape index (κ3) is 3.76. The van der Waals surface area contributed by atoms with E-state index in [1.807, 2.05) is 36.4 Å². The number of likely N-dealkylation sites (tertiary alicyclic amines) is 1. The van der Waals surface area contributed by atoms with Crippen LogP contribution in [0.3, 0.4) is 0 Å². The lowest BCUT2D eigenvalue weighted by atomic mass is 9.70. The van der Waals surface area contributed by atoms with Gasteiger partial charge in [0.05, 0.1) is 6.42 Å². The average Bonchev–Trinajstić information content (AvgIpc) is 2.78. The summed E-state index contributed by atoms with van der Waals surface area (Å²) < 4.78 is 0. The van der Waals surface area contributed by atoms with Crippen LogP contribution in [0.25, 0.3) is 0 Å². The smallest absolute Gasteiger partial charge is 0.227 e.